The fraction of sp³-hybridized carbons (Fsp3) is 0.500. The summed E-state index contributed by atoms with van der Waals surface area (Å²) in [4.78, 5) is 13.9. The van der Waals surface area contributed by atoms with Crippen LogP contribution in [0.15, 0.2) is 18.2 Å². The number of anilines is 2. The van der Waals surface area contributed by atoms with Crippen LogP contribution in [0, 0.1) is 0 Å². The number of nitrogens with two attached hydrogens (primary N) is 1. The lowest BCUT2D eigenvalue weighted by Gasteiger charge is -2.30. The number of nitrogen functional groups attached to an aromatic ring is 1. The minimum Gasteiger partial charge on any atom is -0.398 e. The van der Waals surface area contributed by atoms with Crippen LogP contribution in [0.25, 0.3) is 0 Å². The van der Waals surface area contributed by atoms with Gasteiger partial charge in [0.2, 0.25) is 0 Å². The SMILES string of the molecule is CC(C)OCC(=O)N1CCCc2c(N)cccc21. The summed E-state index contributed by atoms with van der Waals surface area (Å²) in [6.45, 7) is 4.73. The van der Waals surface area contributed by atoms with Gasteiger partial charge in [-0.15, -0.1) is 0 Å². The first-order chi connectivity index (χ1) is 8.59. The number of hydrogen-bond donors (Lipinski definition) is 1. The largest absolute Gasteiger partial charge is 0.398 e. The number of nitrogens with zero attached hydrogens (tertiary/aromatic N) is 1. The van der Waals surface area contributed by atoms with Crippen LogP contribution in [-0.2, 0) is 16.0 Å². The molecule has 18 heavy (non-hydrogen) atoms. The van der Waals surface area contributed by atoms with Crippen LogP contribution in [0.3, 0.4) is 0 Å². The van der Waals surface area contributed by atoms with Crippen molar-refractivity contribution < 1.29 is 9.53 Å². The first-order valence-electron chi connectivity index (χ1n) is 6.39. The molecule has 1 amide bonds. The molecule has 2 N–H and O–H groups in total. The van der Waals surface area contributed by atoms with Crippen molar-refractivity contribution in [3.05, 3.63) is 23.8 Å². The summed E-state index contributed by atoms with van der Waals surface area (Å²) in [6, 6.07) is 5.73. The molecule has 98 valence electrons. The highest BCUT2D eigenvalue weighted by atomic mass is 16.5. The van der Waals surface area contributed by atoms with Gasteiger partial charge in [0.15, 0.2) is 0 Å². The molecule has 0 aliphatic carbocycles. The van der Waals surface area contributed by atoms with Crippen LogP contribution >= 0.6 is 0 Å². The van der Waals surface area contributed by atoms with Gasteiger partial charge in [0, 0.05) is 17.9 Å². The molecule has 0 spiro atoms. The van der Waals surface area contributed by atoms with E-state index in [1.54, 1.807) is 4.90 Å². The maximum atomic E-state index is 12.1. The fourth-order valence-electron chi connectivity index (χ4n) is 2.23. The van der Waals surface area contributed by atoms with Crippen molar-refractivity contribution in [2.75, 3.05) is 23.8 Å². The van der Waals surface area contributed by atoms with E-state index in [0.717, 1.165) is 36.3 Å². The molecule has 1 aromatic carbocycles. The number of benzene rings is 1. The quantitative estimate of drug-likeness (QED) is 0.832. The Bertz CT molecular complexity index is 443. The van der Waals surface area contributed by atoms with Crippen LogP contribution in [0.5, 0.6) is 0 Å². The van der Waals surface area contributed by atoms with Gasteiger partial charge in [-0.25, -0.2) is 0 Å². The van der Waals surface area contributed by atoms with Crippen molar-refractivity contribution >= 4 is 17.3 Å². The summed E-state index contributed by atoms with van der Waals surface area (Å²) < 4.78 is 5.38. The van der Waals surface area contributed by atoms with Crippen LogP contribution in [0.4, 0.5) is 11.4 Å². The van der Waals surface area contributed by atoms with E-state index in [1.807, 2.05) is 32.0 Å². The zero-order valence-electron chi connectivity index (χ0n) is 11.0. The molecule has 1 aliphatic rings. The maximum absolute atomic E-state index is 12.1. The third kappa shape index (κ3) is 2.64. The number of fused-ring (bicyclic) bond motifs is 1. The molecule has 0 atom stereocenters. The molecule has 4 nitrogen and oxygen atoms in total. The van der Waals surface area contributed by atoms with Gasteiger partial charge < -0.3 is 15.4 Å². The molecular formula is C14H20N2O2. The van der Waals surface area contributed by atoms with Gasteiger partial charge in [-0.2, -0.15) is 0 Å². The summed E-state index contributed by atoms with van der Waals surface area (Å²) in [5.74, 6) is 0.00949. The lowest BCUT2D eigenvalue weighted by Crippen LogP contribution is -2.38. The van der Waals surface area contributed by atoms with Crippen molar-refractivity contribution in [2.24, 2.45) is 0 Å². The van der Waals surface area contributed by atoms with Crippen molar-refractivity contribution in [1.82, 2.24) is 0 Å². The summed E-state index contributed by atoms with van der Waals surface area (Å²) in [7, 11) is 0. The van der Waals surface area contributed by atoms with E-state index >= 15 is 0 Å². The van der Waals surface area contributed by atoms with Crippen molar-refractivity contribution in [1.29, 1.82) is 0 Å². The van der Waals surface area contributed by atoms with Gasteiger partial charge in [0.05, 0.1) is 6.10 Å². The van der Waals surface area contributed by atoms with E-state index in [9.17, 15) is 4.79 Å². The molecule has 0 radical (unpaired) electrons. The Morgan fingerprint density at radius 3 is 3.00 bits per heavy atom. The molecule has 1 aromatic rings. The van der Waals surface area contributed by atoms with Crippen LogP contribution in [-0.4, -0.2) is 25.2 Å². The highest BCUT2D eigenvalue weighted by Gasteiger charge is 2.23. The molecule has 1 heterocycles. The summed E-state index contributed by atoms with van der Waals surface area (Å²) >= 11 is 0. The topological polar surface area (TPSA) is 55.6 Å². The molecule has 0 saturated carbocycles. The normalized spacial score (nSPS) is 14.7. The summed E-state index contributed by atoms with van der Waals surface area (Å²) in [5, 5.41) is 0. The Balaban J connectivity index is 2.17. The van der Waals surface area contributed by atoms with Gasteiger partial charge in [0.25, 0.3) is 5.91 Å². The minimum atomic E-state index is 0.00949. The van der Waals surface area contributed by atoms with E-state index < -0.39 is 0 Å². The molecule has 2 rings (SSSR count). The molecule has 1 aliphatic heterocycles. The third-order valence-electron chi connectivity index (χ3n) is 3.13. The summed E-state index contributed by atoms with van der Waals surface area (Å²) in [5.41, 5.74) is 8.76. The molecule has 0 saturated heterocycles. The van der Waals surface area contributed by atoms with Gasteiger partial charge in [-0.1, -0.05) is 6.07 Å². The highest BCUT2D eigenvalue weighted by Crippen LogP contribution is 2.31. The van der Waals surface area contributed by atoms with Gasteiger partial charge in [-0.3, -0.25) is 4.79 Å². The number of carbonyl (C=O) groups is 1. The van der Waals surface area contributed by atoms with Crippen molar-refractivity contribution in [3.63, 3.8) is 0 Å². The second-order valence-electron chi connectivity index (χ2n) is 4.85. The zero-order chi connectivity index (χ0) is 13.1. The van der Waals surface area contributed by atoms with Crippen molar-refractivity contribution in [2.45, 2.75) is 32.8 Å². The third-order valence-corrected chi connectivity index (χ3v) is 3.13. The Hall–Kier alpha value is -1.55. The highest BCUT2D eigenvalue weighted by molar-refractivity contribution is 5.96. The number of carbonyl (C=O) groups excluding carboxylic acids is 1. The monoisotopic (exact) mass is 248 g/mol. The molecular weight excluding hydrogens is 228 g/mol. The van der Waals surface area contributed by atoms with Crippen molar-refractivity contribution in [3.8, 4) is 0 Å². The Kier molecular flexibility index (Phi) is 3.87. The molecule has 0 fully saturated rings. The van der Waals surface area contributed by atoms with E-state index in [0.29, 0.717) is 0 Å². The number of hydrogen-bond acceptors (Lipinski definition) is 3. The first kappa shape index (κ1) is 12.9. The first-order valence-corrected chi connectivity index (χ1v) is 6.39. The zero-order valence-corrected chi connectivity index (χ0v) is 11.0. The fourth-order valence-corrected chi connectivity index (χ4v) is 2.23. The van der Waals surface area contributed by atoms with Gasteiger partial charge in [0.1, 0.15) is 6.61 Å². The molecule has 0 unspecified atom stereocenters. The number of rotatable bonds is 3. The predicted octanol–water partition coefficient (Wildman–Crippen LogP) is 1.97. The average Bonchev–Trinajstić information content (AvgIpc) is 2.36. The smallest absolute Gasteiger partial charge is 0.252 e. The van der Waals surface area contributed by atoms with Gasteiger partial charge in [-0.05, 0) is 44.4 Å². The second kappa shape index (κ2) is 5.40. The standard InChI is InChI=1S/C14H20N2O2/c1-10(2)18-9-14(17)16-8-4-5-11-12(15)6-3-7-13(11)16/h3,6-7,10H,4-5,8-9,15H2,1-2H3. The van der Waals surface area contributed by atoms with E-state index in [-0.39, 0.29) is 18.6 Å². The van der Waals surface area contributed by atoms with Crippen LogP contribution in [0.2, 0.25) is 0 Å². The summed E-state index contributed by atoms with van der Waals surface area (Å²) in [6.07, 6.45) is 1.96. The molecule has 4 heteroatoms. The maximum Gasteiger partial charge on any atom is 0.252 e. The average molecular weight is 248 g/mol. The van der Waals surface area contributed by atoms with E-state index in [4.69, 9.17) is 10.5 Å². The lowest BCUT2D eigenvalue weighted by molar-refractivity contribution is -0.124. The van der Waals surface area contributed by atoms with E-state index in [2.05, 4.69) is 0 Å². The number of ether oxygens (including phenoxy) is 1. The van der Waals surface area contributed by atoms with E-state index in [1.165, 1.54) is 0 Å². The predicted molar refractivity (Wildman–Crippen MR) is 72.6 cm³/mol. The Labute approximate surface area is 108 Å². The van der Waals surface area contributed by atoms with Crippen LogP contribution in [0.1, 0.15) is 25.8 Å². The lowest BCUT2D eigenvalue weighted by atomic mass is 10.00. The van der Waals surface area contributed by atoms with Crippen LogP contribution < -0.4 is 10.6 Å². The molecule has 0 bridgehead atoms. The molecule has 0 aromatic heterocycles. The second-order valence-corrected chi connectivity index (χ2v) is 4.85. The Morgan fingerprint density at radius 1 is 1.50 bits per heavy atom. The Morgan fingerprint density at radius 2 is 2.28 bits per heavy atom. The van der Waals surface area contributed by atoms with Gasteiger partial charge >= 0.3 is 0 Å². The minimum absolute atomic E-state index is 0.00949. The number of amides is 1.